The summed E-state index contributed by atoms with van der Waals surface area (Å²) in [5.41, 5.74) is 1.94. The fourth-order valence-corrected chi connectivity index (χ4v) is 2.28. The number of likely N-dealkylation sites (N-methyl/N-ethyl adjacent to an activating group) is 1. The molecular weight excluding hydrogens is 266 g/mol. The quantitative estimate of drug-likeness (QED) is 0.799. The largest absolute Gasteiger partial charge is 0.355 e. The molecule has 6 nitrogen and oxygen atoms in total. The molecule has 0 radical (unpaired) electrons. The summed E-state index contributed by atoms with van der Waals surface area (Å²) in [6.07, 6.45) is 2.93. The molecule has 114 valence electrons. The van der Waals surface area contributed by atoms with Gasteiger partial charge in [-0.25, -0.2) is 4.98 Å². The number of carbonyl (C=O) groups excluding carboxylic acids is 1. The molecule has 0 atom stereocenters. The van der Waals surface area contributed by atoms with Crippen LogP contribution in [0.25, 0.3) is 5.65 Å². The maximum atomic E-state index is 11.9. The summed E-state index contributed by atoms with van der Waals surface area (Å²) in [6, 6.07) is 5.91. The van der Waals surface area contributed by atoms with Crippen molar-refractivity contribution < 1.29 is 4.79 Å². The second-order valence-electron chi connectivity index (χ2n) is 5.05. The van der Waals surface area contributed by atoms with Crippen molar-refractivity contribution in [3.8, 4) is 0 Å². The second-order valence-corrected chi connectivity index (χ2v) is 5.05. The van der Waals surface area contributed by atoms with Crippen LogP contribution in [0.1, 0.15) is 19.0 Å². The molecule has 0 saturated heterocycles. The Kier molecular flexibility index (Phi) is 5.16. The summed E-state index contributed by atoms with van der Waals surface area (Å²) in [7, 11) is 3.80. The molecular formula is C15H23N5O. The van der Waals surface area contributed by atoms with Gasteiger partial charge >= 0.3 is 0 Å². The lowest BCUT2D eigenvalue weighted by Gasteiger charge is -2.18. The number of hydrogen-bond donors (Lipinski definition) is 2. The number of rotatable bonds is 7. The lowest BCUT2D eigenvalue weighted by Crippen LogP contribution is -2.36. The minimum absolute atomic E-state index is 0.0202. The zero-order valence-corrected chi connectivity index (χ0v) is 12.9. The highest BCUT2D eigenvalue weighted by atomic mass is 16.2. The van der Waals surface area contributed by atoms with Crippen LogP contribution in [0.3, 0.4) is 0 Å². The van der Waals surface area contributed by atoms with Gasteiger partial charge in [-0.3, -0.25) is 4.79 Å². The normalized spacial score (nSPS) is 10.8. The standard InChI is InChI=1S/C15H23N5O/c1-4-8-17-14(21)11-19(3)15-12(10-16-2)20-9-6-5-7-13(20)18-15/h5-7,9,16H,4,8,10-11H2,1-3H3,(H,17,21). The molecule has 0 aromatic carbocycles. The first-order chi connectivity index (χ1) is 10.2. The highest BCUT2D eigenvalue weighted by Gasteiger charge is 2.16. The summed E-state index contributed by atoms with van der Waals surface area (Å²) in [4.78, 5) is 18.4. The number of amides is 1. The third-order valence-electron chi connectivity index (χ3n) is 3.27. The monoisotopic (exact) mass is 289 g/mol. The first-order valence-electron chi connectivity index (χ1n) is 7.25. The van der Waals surface area contributed by atoms with Crippen molar-refractivity contribution in [2.75, 3.05) is 32.1 Å². The lowest BCUT2D eigenvalue weighted by atomic mass is 10.3. The number of nitrogens with one attached hydrogen (secondary N) is 2. The van der Waals surface area contributed by atoms with Gasteiger partial charge in [-0.15, -0.1) is 0 Å². The first kappa shape index (κ1) is 15.3. The van der Waals surface area contributed by atoms with Gasteiger partial charge in [0, 0.05) is 26.3 Å². The number of carbonyl (C=O) groups is 1. The molecule has 6 heteroatoms. The van der Waals surface area contributed by atoms with Crippen molar-refractivity contribution in [3.63, 3.8) is 0 Å². The van der Waals surface area contributed by atoms with Gasteiger partial charge in [-0.2, -0.15) is 0 Å². The average molecular weight is 289 g/mol. The summed E-state index contributed by atoms with van der Waals surface area (Å²) < 4.78 is 2.05. The Hall–Kier alpha value is -2.08. The number of imidazole rings is 1. The van der Waals surface area contributed by atoms with E-state index in [0.29, 0.717) is 19.6 Å². The Morgan fingerprint density at radius 3 is 2.95 bits per heavy atom. The van der Waals surface area contributed by atoms with Crippen molar-refractivity contribution in [3.05, 3.63) is 30.1 Å². The van der Waals surface area contributed by atoms with Gasteiger partial charge < -0.3 is 19.9 Å². The van der Waals surface area contributed by atoms with Crippen LogP contribution in [0.5, 0.6) is 0 Å². The van der Waals surface area contributed by atoms with E-state index in [9.17, 15) is 4.79 Å². The summed E-state index contributed by atoms with van der Waals surface area (Å²) in [5.74, 6) is 0.856. The van der Waals surface area contributed by atoms with E-state index in [1.165, 1.54) is 0 Å². The maximum Gasteiger partial charge on any atom is 0.239 e. The van der Waals surface area contributed by atoms with Crippen LogP contribution in [-0.2, 0) is 11.3 Å². The summed E-state index contributed by atoms with van der Waals surface area (Å²) in [5, 5.41) is 6.04. The van der Waals surface area contributed by atoms with Crippen molar-refractivity contribution in [2.45, 2.75) is 19.9 Å². The van der Waals surface area contributed by atoms with Crippen LogP contribution in [0.15, 0.2) is 24.4 Å². The number of anilines is 1. The zero-order valence-electron chi connectivity index (χ0n) is 12.9. The third-order valence-corrected chi connectivity index (χ3v) is 3.27. The molecule has 2 aromatic heterocycles. The Bertz CT molecular complexity index is 607. The van der Waals surface area contributed by atoms with Crippen LogP contribution in [0.2, 0.25) is 0 Å². The van der Waals surface area contributed by atoms with Crippen molar-refractivity contribution in [1.82, 2.24) is 20.0 Å². The fraction of sp³-hybridized carbons (Fsp3) is 0.467. The third kappa shape index (κ3) is 3.52. The number of pyridine rings is 1. The van der Waals surface area contributed by atoms with E-state index in [1.54, 1.807) is 0 Å². The molecule has 0 aliphatic carbocycles. The van der Waals surface area contributed by atoms with E-state index < -0.39 is 0 Å². The van der Waals surface area contributed by atoms with Crippen molar-refractivity contribution >= 4 is 17.4 Å². The van der Waals surface area contributed by atoms with Crippen LogP contribution in [0.4, 0.5) is 5.82 Å². The first-order valence-corrected chi connectivity index (χ1v) is 7.25. The number of aromatic nitrogens is 2. The van der Waals surface area contributed by atoms with E-state index in [-0.39, 0.29) is 5.91 Å². The van der Waals surface area contributed by atoms with E-state index in [4.69, 9.17) is 0 Å². The molecule has 0 spiro atoms. The molecule has 0 fully saturated rings. The molecule has 2 rings (SSSR count). The minimum Gasteiger partial charge on any atom is -0.355 e. The minimum atomic E-state index is 0.0202. The molecule has 2 N–H and O–H groups in total. The van der Waals surface area contributed by atoms with Crippen molar-refractivity contribution in [2.24, 2.45) is 0 Å². The lowest BCUT2D eigenvalue weighted by molar-refractivity contribution is -0.119. The van der Waals surface area contributed by atoms with Crippen molar-refractivity contribution in [1.29, 1.82) is 0 Å². The van der Waals surface area contributed by atoms with Gasteiger partial charge in [0.1, 0.15) is 5.65 Å². The van der Waals surface area contributed by atoms with E-state index >= 15 is 0 Å². The van der Waals surface area contributed by atoms with Crippen LogP contribution < -0.4 is 15.5 Å². The fourth-order valence-electron chi connectivity index (χ4n) is 2.28. The van der Waals surface area contributed by atoms with Gasteiger partial charge in [-0.1, -0.05) is 13.0 Å². The van der Waals surface area contributed by atoms with Crippen LogP contribution in [0, 0.1) is 0 Å². The molecule has 2 aromatic rings. The molecule has 0 aliphatic rings. The molecule has 2 heterocycles. The summed E-state index contributed by atoms with van der Waals surface area (Å²) in [6.45, 7) is 3.75. The SMILES string of the molecule is CCCNC(=O)CN(C)c1nc2ccccn2c1CNC. The van der Waals surface area contributed by atoms with Gasteiger partial charge in [0.2, 0.25) is 5.91 Å². The van der Waals surface area contributed by atoms with Gasteiger partial charge in [-0.05, 0) is 25.6 Å². The number of fused-ring (bicyclic) bond motifs is 1. The number of nitrogens with zero attached hydrogens (tertiary/aromatic N) is 3. The smallest absolute Gasteiger partial charge is 0.239 e. The van der Waals surface area contributed by atoms with E-state index in [1.807, 2.05) is 54.7 Å². The highest BCUT2D eigenvalue weighted by molar-refractivity contribution is 5.81. The Morgan fingerprint density at radius 2 is 2.24 bits per heavy atom. The van der Waals surface area contributed by atoms with Gasteiger partial charge in [0.15, 0.2) is 5.82 Å². The Balaban J connectivity index is 2.23. The number of hydrogen-bond acceptors (Lipinski definition) is 4. The molecule has 0 aliphatic heterocycles. The summed E-state index contributed by atoms with van der Waals surface area (Å²) >= 11 is 0. The van der Waals surface area contributed by atoms with Crippen LogP contribution >= 0.6 is 0 Å². The Morgan fingerprint density at radius 1 is 1.43 bits per heavy atom. The maximum absolute atomic E-state index is 11.9. The van der Waals surface area contributed by atoms with E-state index in [0.717, 1.165) is 23.6 Å². The molecule has 0 bridgehead atoms. The Labute approximate surface area is 125 Å². The second kappa shape index (κ2) is 7.08. The van der Waals surface area contributed by atoms with Gasteiger partial charge in [0.05, 0.1) is 12.2 Å². The predicted octanol–water partition coefficient (Wildman–Crippen LogP) is 1.02. The van der Waals surface area contributed by atoms with Gasteiger partial charge in [0.25, 0.3) is 0 Å². The highest BCUT2D eigenvalue weighted by Crippen LogP contribution is 2.20. The zero-order chi connectivity index (χ0) is 15.2. The van der Waals surface area contributed by atoms with Crippen LogP contribution in [-0.4, -0.2) is 42.5 Å². The predicted molar refractivity (Wildman–Crippen MR) is 84.5 cm³/mol. The molecule has 0 saturated carbocycles. The van der Waals surface area contributed by atoms with E-state index in [2.05, 4.69) is 15.6 Å². The topological polar surface area (TPSA) is 61.7 Å². The molecule has 1 amide bonds. The average Bonchev–Trinajstić information content (AvgIpc) is 2.85. The molecule has 21 heavy (non-hydrogen) atoms. The molecule has 0 unspecified atom stereocenters.